The molecule has 66 heavy (non-hydrogen) atoms. The number of aromatic amines is 1. The van der Waals surface area contributed by atoms with Crippen molar-refractivity contribution < 1.29 is 43.5 Å². The summed E-state index contributed by atoms with van der Waals surface area (Å²) in [5.41, 5.74) is -0.253. The zero-order valence-electron chi connectivity index (χ0n) is 39.3. The monoisotopic (exact) mass is 903 g/mol. The van der Waals surface area contributed by atoms with E-state index in [2.05, 4.69) is 56.5 Å². The lowest BCUT2D eigenvalue weighted by molar-refractivity contribution is -0.243. The standard InChI is InChI=1S/C52H65N5O9/c1-8-48(61)27-32-28-51(46(59)64-6,42-35(18-22-56(29-32)30-48)36-24-34(16-17-39(36)54-42)53-33-14-11-10-12-15-33)38-25-37-40(26-41(38)63-5)55(4)44-50(37)20-23-57-21-13-19-49(9-2,43(50)57)45(66-31(3)58)52(44,62)47(60)65-7/h10-17,19,24-26,32,38,41,43-45,53-54,61-62H,8-9,18,20-23,27-30H2,1-7H3/t32-,38?,41?,43+,44-,45-,48+,49-,50-,51+,52+/m1/s1. The first-order chi connectivity index (χ1) is 31.7. The van der Waals surface area contributed by atoms with Gasteiger partial charge in [0.15, 0.2) is 6.10 Å². The topological polar surface area (TPSA) is 166 Å². The molecule has 4 N–H and O–H groups in total. The van der Waals surface area contributed by atoms with E-state index in [9.17, 15) is 19.8 Å². The smallest absolute Gasteiger partial charge is 0.344 e. The fourth-order valence-electron chi connectivity index (χ4n) is 14.8. The third-order valence-electron chi connectivity index (χ3n) is 17.2. The number of nitrogens with one attached hydrogen (secondary N) is 2. The van der Waals surface area contributed by atoms with Crippen LogP contribution in [0.1, 0.15) is 64.1 Å². The molecule has 5 aliphatic heterocycles. The number of likely N-dealkylation sites (N-methyl/N-ethyl adjacent to an activating group) is 1. The molecule has 3 unspecified atom stereocenters. The highest BCUT2D eigenvalue weighted by molar-refractivity contribution is 5.93. The van der Waals surface area contributed by atoms with Gasteiger partial charge in [-0.25, -0.2) is 4.79 Å². The number of aliphatic hydroxyl groups is 2. The van der Waals surface area contributed by atoms with Crippen LogP contribution in [0, 0.1) is 22.7 Å². The van der Waals surface area contributed by atoms with Gasteiger partial charge in [0.25, 0.3) is 0 Å². The molecule has 2 bridgehead atoms. The molecule has 3 saturated heterocycles. The van der Waals surface area contributed by atoms with Gasteiger partial charge in [0, 0.05) is 104 Å². The molecule has 2 aliphatic carbocycles. The van der Waals surface area contributed by atoms with Crippen molar-refractivity contribution in [1.29, 1.82) is 0 Å². The van der Waals surface area contributed by atoms with Gasteiger partial charge in [0.1, 0.15) is 5.41 Å². The third-order valence-corrected chi connectivity index (χ3v) is 17.2. The molecule has 3 aromatic rings. The van der Waals surface area contributed by atoms with E-state index in [1.165, 1.54) is 21.1 Å². The van der Waals surface area contributed by atoms with Crippen LogP contribution in [0.2, 0.25) is 0 Å². The lowest BCUT2D eigenvalue weighted by Gasteiger charge is -2.63. The highest BCUT2D eigenvalue weighted by Crippen LogP contribution is 2.70. The lowest BCUT2D eigenvalue weighted by atomic mass is 9.47. The summed E-state index contributed by atoms with van der Waals surface area (Å²) in [7, 11) is 6.27. The SMILES string of the molecule is CC[C@]1(O)C[C@H]2CN(CCc3c([nH]c4ccc(Nc5ccccc5)cc34)[C@@](C(=O)OC)(C3C=C4C(=CC3OC)N(C)[C@H]3[C@@](O)(C(=O)OC)[C@H](OC(C)=O)[C@]5(CC)C=CCN6CC[C@]43[C@@H]65)C2)C1. The Morgan fingerprint density at radius 1 is 0.924 bits per heavy atom. The number of benzene rings is 2. The van der Waals surface area contributed by atoms with Crippen LogP contribution in [0.4, 0.5) is 11.4 Å². The van der Waals surface area contributed by atoms with Crippen LogP contribution in [-0.2, 0) is 45.2 Å². The van der Waals surface area contributed by atoms with Crippen molar-refractivity contribution in [3.05, 3.63) is 95.4 Å². The second-order valence-corrected chi connectivity index (χ2v) is 20.3. The van der Waals surface area contributed by atoms with Gasteiger partial charge in [-0.2, -0.15) is 0 Å². The van der Waals surface area contributed by atoms with Crippen LogP contribution in [0.15, 0.2) is 84.1 Å². The molecule has 0 amide bonds. The number of likely N-dealkylation sites (tertiary alicyclic amines) is 1. The van der Waals surface area contributed by atoms with E-state index in [4.69, 9.17) is 18.9 Å². The van der Waals surface area contributed by atoms with Gasteiger partial charge in [-0.1, -0.05) is 50.3 Å². The molecule has 352 valence electrons. The third kappa shape index (κ3) is 6.20. The first-order valence-corrected chi connectivity index (χ1v) is 23.8. The van der Waals surface area contributed by atoms with Crippen molar-refractivity contribution in [3.8, 4) is 0 Å². The van der Waals surface area contributed by atoms with Gasteiger partial charge in [-0.15, -0.1) is 0 Å². The Morgan fingerprint density at radius 3 is 2.39 bits per heavy atom. The molecule has 4 fully saturated rings. The molecular weight excluding hydrogens is 839 g/mol. The number of rotatable bonds is 9. The first-order valence-electron chi connectivity index (χ1n) is 23.8. The molecule has 1 saturated carbocycles. The van der Waals surface area contributed by atoms with Crippen molar-refractivity contribution in [2.75, 3.05) is 66.4 Å². The number of methoxy groups -OCH3 is 3. The Balaban J connectivity index is 1.23. The van der Waals surface area contributed by atoms with Crippen LogP contribution in [0.5, 0.6) is 0 Å². The number of allylic oxidation sites excluding steroid dienone is 1. The summed E-state index contributed by atoms with van der Waals surface area (Å²) >= 11 is 0. The Bertz CT molecular complexity index is 2540. The van der Waals surface area contributed by atoms with Gasteiger partial charge < -0.3 is 44.4 Å². The average Bonchev–Trinajstić information content (AvgIpc) is 3.98. The number of carbonyl (C=O) groups excluding carboxylic acids is 3. The Labute approximate surface area is 386 Å². The van der Waals surface area contributed by atoms with Gasteiger partial charge in [-0.3, -0.25) is 19.4 Å². The van der Waals surface area contributed by atoms with Crippen molar-refractivity contribution >= 4 is 40.2 Å². The number of nitrogens with zero attached hydrogens (tertiary/aromatic N) is 3. The number of H-pyrrole nitrogens is 1. The van der Waals surface area contributed by atoms with Crippen molar-refractivity contribution in [2.45, 2.75) is 100 Å². The highest BCUT2D eigenvalue weighted by Gasteiger charge is 2.81. The summed E-state index contributed by atoms with van der Waals surface area (Å²) in [6.45, 7) is 8.61. The summed E-state index contributed by atoms with van der Waals surface area (Å²) in [5, 5.41) is 30.2. The maximum Gasteiger partial charge on any atom is 0.344 e. The average molecular weight is 904 g/mol. The summed E-state index contributed by atoms with van der Waals surface area (Å²) < 4.78 is 24.4. The van der Waals surface area contributed by atoms with E-state index < -0.39 is 69.5 Å². The summed E-state index contributed by atoms with van der Waals surface area (Å²) in [5.74, 6) is -2.63. The van der Waals surface area contributed by atoms with Crippen LogP contribution in [0.3, 0.4) is 0 Å². The van der Waals surface area contributed by atoms with Crippen LogP contribution in [0.25, 0.3) is 10.9 Å². The molecule has 0 radical (unpaired) electrons. The molecule has 1 aromatic heterocycles. The molecule has 14 heteroatoms. The van der Waals surface area contributed by atoms with E-state index >= 15 is 4.79 Å². The maximum atomic E-state index is 15.7. The van der Waals surface area contributed by atoms with E-state index in [1.54, 1.807) is 7.11 Å². The molecule has 10 rings (SSSR count). The van der Waals surface area contributed by atoms with E-state index in [-0.39, 0.29) is 12.0 Å². The number of carbonyl (C=O) groups is 3. The summed E-state index contributed by atoms with van der Waals surface area (Å²) in [4.78, 5) is 53.9. The van der Waals surface area contributed by atoms with E-state index in [0.29, 0.717) is 71.2 Å². The molecule has 14 nitrogen and oxygen atoms in total. The number of hydrogen-bond donors (Lipinski definition) is 4. The fraction of sp³-hybridized carbons (Fsp3) is 0.558. The van der Waals surface area contributed by atoms with E-state index in [0.717, 1.165) is 44.8 Å². The summed E-state index contributed by atoms with van der Waals surface area (Å²) in [6, 6.07) is 15.1. The summed E-state index contributed by atoms with van der Waals surface area (Å²) in [6.07, 6.45) is 9.57. The number of fused-ring (bicyclic) bond motifs is 6. The zero-order chi connectivity index (χ0) is 46.6. The number of hydrogen-bond acceptors (Lipinski definition) is 13. The number of esters is 3. The predicted molar refractivity (Wildman–Crippen MR) is 249 cm³/mol. The lowest BCUT2D eigenvalue weighted by Crippen LogP contribution is -2.79. The fourth-order valence-corrected chi connectivity index (χ4v) is 14.8. The maximum absolute atomic E-state index is 15.7. The number of anilines is 2. The molecule has 7 aliphatic rings. The number of piperidine rings is 1. The van der Waals surface area contributed by atoms with Crippen molar-refractivity contribution in [3.63, 3.8) is 0 Å². The quantitative estimate of drug-likeness (QED) is 0.123. The molecule has 12 atom stereocenters. The highest BCUT2D eigenvalue weighted by atomic mass is 16.6. The minimum absolute atomic E-state index is 0.101. The minimum Gasteiger partial charge on any atom is -0.468 e. The number of aromatic nitrogens is 1. The van der Waals surface area contributed by atoms with Gasteiger partial charge in [0.05, 0.1) is 32.0 Å². The van der Waals surface area contributed by atoms with Crippen LogP contribution < -0.4 is 5.32 Å². The normalized spacial score (nSPS) is 37.8. The number of para-hydroxylation sites is 1. The molecule has 2 aromatic carbocycles. The first kappa shape index (κ1) is 44.8. The zero-order valence-corrected chi connectivity index (χ0v) is 39.3. The van der Waals surface area contributed by atoms with Gasteiger partial charge >= 0.3 is 17.9 Å². The van der Waals surface area contributed by atoms with Crippen LogP contribution in [-0.4, -0.2) is 144 Å². The predicted octanol–water partition coefficient (Wildman–Crippen LogP) is 5.38. The van der Waals surface area contributed by atoms with E-state index in [1.807, 2.05) is 62.2 Å². The minimum atomic E-state index is -2.30. The Kier molecular flexibility index (Phi) is 10.9. The van der Waals surface area contributed by atoms with Crippen molar-refractivity contribution in [2.24, 2.45) is 22.7 Å². The molecule has 6 heterocycles. The molecule has 1 spiro atoms. The Hall–Kier alpha value is -4.99. The van der Waals surface area contributed by atoms with Gasteiger partial charge in [-0.05, 0) is 98.5 Å². The Morgan fingerprint density at radius 2 is 1.70 bits per heavy atom. The second-order valence-electron chi connectivity index (χ2n) is 20.3. The number of ether oxygens (including phenoxy) is 4. The molecular formula is C52H65N5O9. The largest absolute Gasteiger partial charge is 0.468 e. The van der Waals surface area contributed by atoms with Crippen molar-refractivity contribution in [1.82, 2.24) is 19.7 Å². The van der Waals surface area contributed by atoms with Crippen LogP contribution >= 0.6 is 0 Å². The van der Waals surface area contributed by atoms with Gasteiger partial charge in [0.2, 0.25) is 5.60 Å². The second kappa shape index (κ2) is 16.1.